The van der Waals surface area contributed by atoms with E-state index in [1.165, 1.54) is 26.4 Å². The van der Waals surface area contributed by atoms with Gasteiger partial charge in [-0.1, -0.05) is 0 Å². The van der Waals surface area contributed by atoms with Gasteiger partial charge in [0.2, 0.25) is 11.6 Å². The van der Waals surface area contributed by atoms with Crippen LogP contribution in [0.25, 0.3) is 0 Å². The fraction of sp³-hybridized carbons (Fsp3) is 0.750. The van der Waals surface area contributed by atoms with Crippen LogP contribution in [0.15, 0.2) is 12.2 Å². The lowest BCUT2D eigenvalue weighted by Gasteiger charge is -2.52. The average molecular weight is 258 g/mol. The highest BCUT2D eigenvalue weighted by Gasteiger charge is 2.63. The number of carbonyl (C=O) groups is 1. The van der Waals surface area contributed by atoms with E-state index in [-0.39, 0.29) is 12.4 Å². The molecule has 4 atom stereocenters. The Labute approximate surface area is 105 Å². The van der Waals surface area contributed by atoms with Crippen molar-refractivity contribution in [2.24, 2.45) is 0 Å². The summed E-state index contributed by atoms with van der Waals surface area (Å²) in [7, 11) is 2.89. The Morgan fingerprint density at radius 1 is 1.33 bits per heavy atom. The smallest absolute Gasteiger partial charge is 0.221 e. The van der Waals surface area contributed by atoms with E-state index in [0.717, 1.165) is 0 Å². The zero-order valence-electron chi connectivity index (χ0n) is 10.9. The summed E-state index contributed by atoms with van der Waals surface area (Å²) in [5.41, 5.74) is -1.44. The van der Waals surface area contributed by atoms with Gasteiger partial charge in [-0.25, -0.2) is 0 Å². The monoisotopic (exact) mass is 258 g/mol. The molecule has 18 heavy (non-hydrogen) atoms. The highest BCUT2D eigenvalue weighted by molar-refractivity contribution is 6.01. The van der Waals surface area contributed by atoms with Crippen LogP contribution in [0.4, 0.5) is 0 Å². The molecular formula is C12H18O6. The van der Waals surface area contributed by atoms with Gasteiger partial charge in [0.15, 0.2) is 11.4 Å². The number of methoxy groups -OCH3 is 2. The van der Waals surface area contributed by atoms with Gasteiger partial charge in [0.05, 0.1) is 6.61 Å². The van der Waals surface area contributed by atoms with Crippen molar-refractivity contribution in [3.05, 3.63) is 12.2 Å². The Balaban J connectivity index is 2.36. The molecule has 1 spiro atoms. The molecule has 1 N–H and O–H groups in total. The van der Waals surface area contributed by atoms with Gasteiger partial charge in [0.1, 0.15) is 6.10 Å². The van der Waals surface area contributed by atoms with Crippen molar-refractivity contribution in [1.29, 1.82) is 0 Å². The van der Waals surface area contributed by atoms with Gasteiger partial charge in [-0.3, -0.25) is 4.79 Å². The maximum Gasteiger partial charge on any atom is 0.221 e. The lowest BCUT2D eigenvalue weighted by Crippen LogP contribution is -2.70. The van der Waals surface area contributed by atoms with E-state index in [2.05, 4.69) is 0 Å². The SMILES string of the molecule is CO[C@@]1(C)OC[C@@]2(O[C@]1(C)OC)C(=O)C=C[C@H]2O. The third-order valence-electron chi connectivity index (χ3n) is 3.87. The van der Waals surface area contributed by atoms with Crippen LogP contribution >= 0.6 is 0 Å². The van der Waals surface area contributed by atoms with E-state index >= 15 is 0 Å². The van der Waals surface area contributed by atoms with Crippen molar-refractivity contribution in [3.63, 3.8) is 0 Å². The van der Waals surface area contributed by atoms with Gasteiger partial charge in [-0.15, -0.1) is 0 Å². The second kappa shape index (κ2) is 4.11. The summed E-state index contributed by atoms with van der Waals surface area (Å²) < 4.78 is 22.0. The van der Waals surface area contributed by atoms with Crippen LogP contribution in [0.3, 0.4) is 0 Å². The van der Waals surface area contributed by atoms with Gasteiger partial charge in [-0.05, 0) is 26.0 Å². The summed E-state index contributed by atoms with van der Waals surface area (Å²) in [6.07, 6.45) is 1.62. The molecule has 0 amide bonds. The van der Waals surface area contributed by atoms with Crippen LogP contribution in [0.5, 0.6) is 0 Å². The minimum Gasteiger partial charge on any atom is -0.385 e. The zero-order chi connectivity index (χ0) is 13.6. The molecule has 2 aliphatic rings. The minimum atomic E-state index is -1.44. The van der Waals surface area contributed by atoms with Crippen LogP contribution in [0.1, 0.15) is 13.8 Å². The molecule has 0 radical (unpaired) electrons. The van der Waals surface area contributed by atoms with E-state index in [4.69, 9.17) is 18.9 Å². The maximum atomic E-state index is 11.9. The molecule has 102 valence electrons. The van der Waals surface area contributed by atoms with Crippen molar-refractivity contribution in [2.75, 3.05) is 20.8 Å². The molecule has 2 rings (SSSR count). The van der Waals surface area contributed by atoms with Gasteiger partial charge in [0.25, 0.3) is 0 Å². The topological polar surface area (TPSA) is 74.2 Å². The molecule has 0 aromatic carbocycles. The first kappa shape index (κ1) is 13.6. The maximum absolute atomic E-state index is 11.9. The van der Waals surface area contributed by atoms with E-state index < -0.39 is 23.3 Å². The summed E-state index contributed by atoms with van der Waals surface area (Å²) in [5, 5.41) is 9.94. The largest absolute Gasteiger partial charge is 0.385 e. The number of aliphatic hydroxyl groups is 1. The first-order valence-electron chi connectivity index (χ1n) is 5.69. The van der Waals surface area contributed by atoms with Crippen LogP contribution in [-0.2, 0) is 23.7 Å². The Bertz CT molecular complexity index is 394. The summed E-state index contributed by atoms with van der Waals surface area (Å²) in [6, 6.07) is 0. The van der Waals surface area contributed by atoms with Gasteiger partial charge in [-0.2, -0.15) is 0 Å². The Morgan fingerprint density at radius 3 is 2.39 bits per heavy atom. The second-order valence-corrected chi connectivity index (χ2v) is 4.75. The zero-order valence-corrected chi connectivity index (χ0v) is 10.9. The molecule has 1 aliphatic heterocycles. The second-order valence-electron chi connectivity index (χ2n) is 4.75. The van der Waals surface area contributed by atoms with Crippen LogP contribution in [0.2, 0.25) is 0 Å². The molecule has 1 aliphatic carbocycles. The summed E-state index contributed by atoms with van der Waals surface area (Å²) in [4.78, 5) is 11.9. The first-order chi connectivity index (χ1) is 8.33. The first-order valence-corrected chi connectivity index (χ1v) is 5.69. The quantitative estimate of drug-likeness (QED) is 0.751. The number of ketones is 1. The van der Waals surface area contributed by atoms with Gasteiger partial charge in [0, 0.05) is 14.2 Å². The number of hydrogen-bond donors (Lipinski definition) is 1. The summed E-state index contributed by atoms with van der Waals surface area (Å²) >= 11 is 0. The molecule has 0 saturated carbocycles. The fourth-order valence-electron chi connectivity index (χ4n) is 2.21. The van der Waals surface area contributed by atoms with E-state index in [1.807, 2.05) is 0 Å². The van der Waals surface area contributed by atoms with Crippen molar-refractivity contribution < 1.29 is 28.8 Å². The van der Waals surface area contributed by atoms with Crippen molar-refractivity contribution >= 4 is 5.78 Å². The average Bonchev–Trinajstić information content (AvgIpc) is 2.63. The number of ether oxygens (including phenoxy) is 4. The number of hydrogen-bond acceptors (Lipinski definition) is 6. The highest BCUT2D eigenvalue weighted by Crippen LogP contribution is 2.43. The Morgan fingerprint density at radius 2 is 1.94 bits per heavy atom. The van der Waals surface area contributed by atoms with E-state index in [9.17, 15) is 9.90 Å². The molecule has 0 unspecified atom stereocenters. The molecule has 1 saturated heterocycles. The predicted molar refractivity (Wildman–Crippen MR) is 60.7 cm³/mol. The predicted octanol–water partition coefficient (Wildman–Crippen LogP) is -0.00300. The fourth-order valence-corrected chi connectivity index (χ4v) is 2.21. The minimum absolute atomic E-state index is 0.0940. The lowest BCUT2D eigenvalue weighted by molar-refractivity contribution is -0.448. The molecule has 1 fully saturated rings. The molecule has 6 nitrogen and oxygen atoms in total. The van der Waals surface area contributed by atoms with Crippen molar-refractivity contribution in [2.45, 2.75) is 37.1 Å². The third kappa shape index (κ3) is 1.57. The lowest BCUT2D eigenvalue weighted by atomic mass is 9.94. The Hall–Kier alpha value is -0.790. The summed E-state index contributed by atoms with van der Waals surface area (Å²) in [5.74, 6) is -2.80. The van der Waals surface area contributed by atoms with Gasteiger partial charge < -0.3 is 24.1 Å². The standard InChI is InChI=1S/C12H18O6/c1-10(15-3)11(2,16-4)18-12(7-17-10)8(13)5-6-9(12)14/h5-6,8,13H,7H2,1-4H3/t8-,10+,11+,12+/m1/s1. The van der Waals surface area contributed by atoms with E-state index in [0.29, 0.717) is 0 Å². The van der Waals surface area contributed by atoms with Crippen LogP contribution in [0, 0.1) is 0 Å². The molecule has 1 heterocycles. The molecule has 0 aromatic rings. The van der Waals surface area contributed by atoms with Gasteiger partial charge >= 0.3 is 0 Å². The molecule has 6 heteroatoms. The summed E-state index contributed by atoms with van der Waals surface area (Å²) in [6.45, 7) is 3.17. The number of aliphatic hydroxyl groups excluding tert-OH is 1. The number of rotatable bonds is 2. The molecule has 0 aromatic heterocycles. The van der Waals surface area contributed by atoms with Crippen LogP contribution < -0.4 is 0 Å². The highest BCUT2D eigenvalue weighted by atomic mass is 16.8. The number of carbonyl (C=O) groups excluding carboxylic acids is 1. The van der Waals surface area contributed by atoms with E-state index in [1.54, 1.807) is 13.8 Å². The Kier molecular flexibility index (Phi) is 3.11. The molecule has 0 bridgehead atoms. The van der Waals surface area contributed by atoms with Crippen molar-refractivity contribution in [1.82, 2.24) is 0 Å². The third-order valence-corrected chi connectivity index (χ3v) is 3.87. The normalized spacial score (nSPS) is 48.1. The van der Waals surface area contributed by atoms with Crippen LogP contribution in [-0.4, -0.2) is 55.0 Å². The molecular weight excluding hydrogens is 240 g/mol. The van der Waals surface area contributed by atoms with Crippen molar-refractivity contribution in [3.8, 4) is 0 Å².